The van der Waals surface area contributed by atoms with E-state index >= 15 is 0 Å². The number of nitrogens with zero attached hydrogens (tertiary/aromatic N) is 4. The van der Waals surface area contributed by atoms with Crippen molar-refractivity contribution in [3.05, 3.63) is 29.0 Å². The predicted octanol–water partition coefficient (Wildman–Crippen LogP) is 2.38. The Morgan fingerprint density at radius 1 is 1.35 bits per heavy atom. The number of alkyl halides is 1. The highest BCUT2D eigenvalue weighted by Crippen LogP contribution is 2.17. The molecule has 1 N–H and O–H groups in total. The van der Waals surface area contributed by atoms with Gasteiger partial charge >= 0.3 is 0 Å². The molecule has 2 aromatic heterocycles. The first-order valence-corrected chi connectivity index (χ1v) is 6.04. The van der Waals surface area contributed by atoms with Gasteiger partial charge in [0.05, 0.1) is 18.4 Å². The molecule has 0 unspecified atom stereocenters. The SMILES string of the molecule is Cc1cnn(CCF)c1NCc1c(C)nn(C)c1F.Cl. The number of halogens is 3. The van der Waals surface area contributed by atoms with Gasteiger partial charge < -0.3 is 5.32 Å². The first-order valence-electron chi connectivity index (χ1n) is 6.04. The van der Waals surface area contributed by atoms with Gasteiger partial charge in [0.1, 0.15) is 12.5 Å². The minimum absolute atomic E-state index is 0. The van der Waals surface area contributed by atoms with Crippen molar-refractivity contribution in [3.8, 4) is 0 Å². The van der Waals surface area contributed by atoms with Crippen molar-refractivity contribution in [2.45, 2.75) is 26.9 Å². The summed E-state index contributed by atoms with van der Waals surface area (Å²) < 4.78 is 28.9. The van der Waals surface area contributed by atoms with Crippen LogP contribution in [0.1, 0.15) is 16.8 Å². The second-order valence-electron chi connectivity index (χ2n) is 4.42. The second kappa shape index (κ2) is 6.69. The Labute approximate surface area is 122 Å². The van der Waals surface area contributed by atoms with Crippen molar-refractivity contribution in [2.24, 2.45) is 7.05 Å². The van der Waals surface area contributed by atoms with Gasteiger partial charge in [-0.3, -0.25) is 0 Å². The molecule has 8 heteroatoms. The molecule has 0 aliphatic rings. The average molecular weight is 306 g/mol. The smallest absolute Gasteiger partial charge is 0.216 e. The van der Waals surface area contributed by atoms with E-state index < -0.39 is 6.67 Å². The maximum atomic E-state index is 13.8. The Bertz CT molecular complexity index is 579. The minimum Gasteiger partial charge on any atom is -0.366 e. The van der Waals surface area contributed by atoms with Crippen LogP contribution >= 0.6 is 12.4 Å². The van der Waals surface area contributed by atoms with E-state index in [2.05, 4.69) is 15.5 Å². The summed E-state index contributed by atoms with van der Waals surface area (Å²) in [5.41, 5.74) is 2.05. The van der Waals surface area contributed by atoms with Crippen LogP contribution in [0.15, 0.2) is 6.20 Å². The summed E-state index contributed by atoms with van der Waals surface area (Å²) in [5.74, 6) is 0.347. The molecule has 0 fully saturated rings. The monoisotopic (exact) mass is 305 g/mol. The summed E-state index contributed by atoms with van der Waals surface area (Å²) in [6.07, 6.45) is 1.66. The Hall–Kier alpha value is -1.63. The molecule has 2 aromatic rings. The molecule has 2 rings (SSSR count). The van der Waals surface area contributed by atoms with E-state index in [9.17, 15) is 8.78 Å². The summed E-state index contributed by atoms with van der Waals surface area (Å²) >= 11 is 0. The summed E-state index contributed by atoms with van der Waals surface area (Å²) in [7, 11) is 1.56. The molecule has 0 saturated heterocycles. The normalized spacial score (nSPS) is 10.4. The van der Waals surface area contributed by atoms with Crippen LogP contribution in [0.4, 0.5) is 14.6 Å². The number of aromatic nitrogens is 4. The topological polar surface area (TPSA) is 47.7 Å². The molecule has 5 nitrogen and oxygen atoms in total. The molecule has 0 spiro atoms. The third kappa shape index (κ3) is 3.09. The zero-order valence-corrected chi connectivity index (χ0v) is 12.5. The molecule has 0 aliphatic carbocycles. The lowest BCUT2D eigenvalue weighted by atomic mass is 10.2. The molecule has 0 atom stereocenters. The van der Waals surface area contributed by atoms with Gasteiger partial charge in [-0.25, -0.2) is 13.8 Å². The van der Waals surface area contributed by atoms with Gasteiger partial charge in [0.15, 0.2) is 0 Å². The molecule has 0 aliphatic heterocycles. The van der Waals surface area contributed by atoms with Crippen LogP contribution in [-0.2, 0) is 20.1 Å². The van der Waals surface area contributed by atoms with Crippen molar-refractivity contribution in [3.63, 3.8) is 0 Å². The van der Waals surface area contributed by atoms with E-state index in [1.807, 2.05) is 6.92 Å². The summed E-state index contributed by atoms with van der Waals surface area (Å²) in [4.78, 5) is 0. The molecule has 2 heterocycles. The van der Waals surface area contributed by atoms with E-state index in [0.29, 0.717) is 23.6 Å². The third-order valence-corrected chi connectivity index (χ3v) is 3.02. The van der Waals surface area contributed by atoms with E-state index in [-0.39, 0.29) is 24.9 Å². The fraction of sp³-hybridized carbons (Fsp3) is 0.500. The van der Waals surface area contributed by atoms with Crippen molar-refractivity contribution in [1.29, 1.82) is 0 Å². The maximum absolute atomic E-state index is 13.8. The summed E-state index contributed by atoms with van der Waals surface area (Å²) in [5, 5.41) is 11.2. The first-order chi connectivity index (χ1) is 9.04. The number of hydrogen-bond acceptors (Lipinski definition) is 3. The van der Waals surface area contributed by atoms with Gasteiger partial charge in [0.25, 0.3) is 0 Å². The molecule has 0 radical (unpaired) electrons. The second-order valence-corrected chi connectivity index (χ2v) is 4.42. The number of anilines is 1. The highest BCUT2D eigenvalue weighted by atomic mass is 35.5. The van der Waals surface area contributed by atoms with Crippen molar-refractivity contribution < 1.29 is 8.78 Å². The van der Waals surface area contributed by atoms with Crippen molar-refractivity contribution in [1.82, 2.24) is 19.6 Å². The molecular formula is C12H18ClF2N5. The standard InChI is InChI=1S/C12H17F2N5.ClH/c1-8-6-16-19(5-4-13)12(8)15-7-10-9(2)17-18(3)11(10)14;/h6,15H,4-5,7H2,1-3H3;1H. The Morgan fingerprint density at radius 3 is 2.60 bits per heavy atom. The lowest BCUT2D eigenvalue weighted by Gasteiger charge is -2.09. The van der Waals surface area contributed by atoms with Gasteiger partial charge in [-0.05, 0) is 13.8 Å². The molecular weight excluding hydrogens is 288 g/mol. The molecule has 112 valence electrons. The van der Waals surface area contributed by atoms with Crippen LogP contribution in [-0.4, -0.2) is 26.2 Å². The quantitative estimate of drug-likeness (QED) is 0.922. The average Bonchev–Trinajstić information content (AvgIpc) is 2.82. The van der Waals surface area contributed by atoms with Crippen molar-refractivity contribution >= 4 is 18.2 Å². The Morgan fingerprint density at radius 2 is 2.05 bits per heavy atom. The van der Waals surface area contributed by atoms with Crippen LogP contribution in [0.5, 0.6) is 0 Å². The predicted molar refractivity (Wildman–Crippen MR) is 75.4 cm³/mol. The summed E-state index contributed by atoms with van der Waals surface area (Å²) in [6.45, 7) is 3.62. The molecule has 0 bridgehead atoms. The van der Waals surface area contributed by atoms with E-state index in [1.54, 1.807) is 24.9 Å². The number of nitrogens with one attached hydrogen (secondary N) is 1. The van der Waals surface area contributed by atoms with Crippen LogP contribution < -0.4 is 5.32 Å². The zero-order valence-electron chi connectivity index (χ0n) is 11.7. The molecule has 20 heavy (non-hydrogen) atoms. The Balaban J connectivity index is 0.00000200. The van der Waals surface area contributed by atoms with Gasteiger partial charge in [-0.2, -0.15) is 14.6 Å². The highest BCUT2D eigenvalue weighted by molar-refractivity contribution is 5.85. The van der Waals surface area contributed by atoms with Crippen LogP contribution in [0, 0.1) is 19.8 Å². The van der Waals surface area contributed by atoms with Gasteiger partial charge in [0, 0.05) is 24.7 Å². The van der Waals surface area contributed by atoms with Crippen molar-refractivity contribution in [2.75, 3.05) is 12.0 Å². The lowest BCUT2D eigenvalue weighted by molar-refractivity contribution is 0.429. The van der Waals surface area contributed by atoms with Gasteiger partial charge in [-0.15, -0.1) is 12.4 Å². The van der Waals surface area contributed by atoms with Gasteiger partial charge in [0.2, 0.25) is 5.95 Å². The first kappa shape index (κ1) is 16.4. The Kier molecular flexibility index (Phi) is 5.50. The van der Waals surface area contributed by atoms with E-state index in [1.165, 1.54) is 4.68 Å². The minimum atomic E-state index is -0.490. The number of hydrogen-bond donors (Lipinski definition) is 1. The zero-order chi connectivity index (χ0) is 14.0. The van der Waals surface area contributed by atoms with Crippen LogP contribution in [0.3, 0.4) is 0 Å². The maximum Gasteiger partial charge on any atom is 0.216 e. The van der Waals surface area contributed by atoms with E-state index in [0.717, 1.165) is 5.56 Å². The van der Waals surface area contributed by atoms with E-state index in [4.69, 9.17) is 0 Å². The van der Waals surface area contributed by atoms with Crippen LogP contribution in [0.2, 0.25) is 0 Å². The fourth-order valence-electron chi connectivity index (χ4n) is 2.01. The largest absolute Gasteiger partial charge is 0.366 e. The molecule has 0 aromatic carbocycles. The van der Waals surface area contributed by atoms with Crippen LogP contribution in [0.25, 0.3) is 0 Å². The third-order valence-electron chi connectivity index (χ3n) is 3.02. The lowest BCUT2D eigenvalue weighted by Crippen LogP contribution is -2.11. The molecule has 0 amide bonds. The summed E-state index contributed by atoms with van der Waals surface area (Å²) in [6, 6.07) is 0. The fourth-order valence-corrected chi connectivity index (χ4v) is 2.01. The number of rotatable bonds is 5. The molecule has 0 saturated carbocycles. The van der Waals surface area contributed by atoms with Gasteiger partial charge in [-0.1, -0.05) is 0 Å². The number of aryl methyl sites for hydroxylation is 4. The highest BCUT2D eigenvalue weighted by Gasteiger charge is 2.14.